The van der Waals surface area contributed by atoms with Gasteiger partial charge in [-0.25, -0.2) is 0 Å². The minimum absolute atomic E-state index is 0.259. The lowest BCUT2D eigenvalue weighted by molar-refractivity contribution is -0.274. The van der Waals surface area contributed by atoms with Crippen molar-refractivity contribution in [2.75, 3.05) is 7.11 Å². The predicted octanol–water partition coefficient (Wildman–Crippen LogP) is 3.86. The number of nitrogens with zero attached hydrogens (tertiary/aromatic N) is 4. The van der Waals surface area contributed by atoms with Crippen LogP contribution in [0, 0.1) is 0 Å². The van der Waals surface area contributed by atoms with E-state index in [2.05, 4.69) is 20.3 Å². The van der Waals surface area contributed by atoms with Crippen LogP contribution < -0.4 is 9.47 Å². The highest BCUT2D eigenvalue weighted by atomic mass is 32.2. The summed E-state index contributed by atoms with van der Waals surface area (Å²) < 4.78 is 47.3. The molecule has 1 aromatic heterocycles. The molecule has 0 aliphatic heterocycles. The lowest BCUT2D eigenvalue weighted by Crippen LogP contribution is -2.16. The Morgan fingerprint density at radius 1 is 1.08 bits per heavy atom. The molecule has 2 aromatic carbocycles. The first-order valence-corrected chi connectivity index (χ1v) is 8.34. The Morgan fingerprint density at radius 2 is 1.81 bits per heavy atom. The van der Waals surface area contributed by atoms with Crippen molar-refractivity contribution in [3.63, 3.8) is 0 Å². The van der Waals surface area contributed by atoms with Crippen molar-refractivity contribution in [1.29, 1.82) is 0 Å². The highest BCUT2D eigenvalue weighted by Gasteiger charge is 2.30. The highest BCUT2D eigenvalue weighted by molar-refractivity contribution is 7.98. The smallest absolute Gasteiger partial charge is 0.494 e. The Hall–Kier alpha value is -2.75. The van der Waals surface area contributed by atoms with E-state index in [0.29, 0.717) is 22.3 Å². The third kappa shape index (κ3) is 4.45. The summed E-state index contributed by atoms with van der Waals surface area (Å²) in [7, 11) is 1.56. The molecule has 26 heavy (non-hydrogen) atoms. The second-order valence-corrected chi connectivity index (χ2v) is 5.97. The number of para-hydroxylation sites is 2. The van der Waals surface area contributed by atoms with Gasteiger partial charge in [-0.2, -0.15) is 4.68 Å². The monoisotopic (exact) mass is 382 g/mol. The molecule has 3 aromatic rings. The first kappa shape index (κ1) is 18.1. The average Bonchev–Trinajstić information content (AvgIpc) is 3.08. The minimum Gasteiger partial charge on any atom is -0.494 e. The molecule has 0 atom stereocenters. The second kappa shape index (κ2) is 7.65. The van der Waals surface area contributed by atoms with Gasteiger partial charge in [0, 0.05) is 5.75 Å². The summed E-state index contributed by atoms with van der Waals surface area (Å²) in [5.41, 5.74) is 1.50. The fourth-order valence-corrected chi connectivity index (χ4v) is 3.00. The molecule has 0 amide bonds. The Kier molecular flexibility index (Phi) is 5.31. The van der Waals surface area contributed by atoms with Gasteiger partial charge in [-0.15, -0.1) is 18.3 Å². The third-order valence-corrected chi connectivity index (χ3v) is 4.27. The number of methoxy groups -OCH3 is 1. The Morgan fingerprint density at radius 3 is 2.50 bits per heavy atom. The highest BCUT2D eigenvalue weighted by Crippen LogP contribution is 2.28. The van der Waals surface area contributed by atoms with Crippen molar-refractivity contribution in [3.8, 4) is 17.2 Å². The zero-order chi connectivity index (χ0) is 18.6. The van der Waals surface area contributed by atoms with Gasteiger partial charge in [0.05, 0.1) is 7.11 Å². The SMILES string of the molecule is COc1ccccc1-n1nnnc1SCc1ccc(OC(F)(F)F)cc1. The number of ether oxygens (including phenoxy) is 2. The van der Waals surface area contributed by atoms with Crippen LogP contribution in [0.4, 0.5) is 13.2 Å². The Labute approximate surface area is 150 Å². The molecule has 0 aliphatic carbocycles. The summed E-state index contributed by atoms with van der Waals surface area (Å²) in [5.74, 6) is 0.836. The van der Waals surface area contributed by atoms with Gasteiger partial charge in [0.15, 0.2) is 0 Å². The van der Waals surface area contributed by atoms with E-state index in [4.69, 9.17) is 4.74 Å². The summed E-state index contributed by atoms with van der Waals surface area (Å²) in [5, 5.41) is 12.2. The van der Waals surface area contributed by atoms with E-state index in [0.717, 1.165) is 5.56 Å². The molecule has 0 bridgehead atoms. The van der Waals surface area contributed by atoms with E-state index in [9.17, 15) is 13.2 Å². The van der Waals surface area contributed by atoms with E-state index < -0.39 is 6.36 Å². The number of hydrogen-bond acceptors (Lipinski definition) is 6. The maximum Gasteiger partial charge on any atom is 0.573 e. The standard InChI is InChI=1S/C16H13F3N4O2S/c1-24-14-5-3-2-4-13(14)23-15(20-21-22-23)26-10-11-6-8-12(9-7-11)25-16(17,18)19/h2-9H,10H2,1H3. The molecular weight excluding hydrogens is 369 g/mol. The minimum atomic E-state index is -4.70. The number of aromatic nitrogens is 4. The molecule has 136 valence electrons. The normalized spacial score (nSPS) is 11.4. The van der Waals surface area contributed by atoms with Crippen LogP contribution in [0.3, 0.4) is 0 Å². The van der Waals surface area contributed by atoms with Crippen LogP contribution in [0.15, 0.2) is 53.7 Å². The van der Waals surface area contributed by atoms with Crippen molar-refractivity contribution < 1.29 is 22.6 Å². The lowest BCUT2D eigenvalue weighted by Gasteiger charge is -2.10. The van der Waals surface area contributed by atoms with Crippen LogP contribution in [-0.4, -0.2) is 33.7 Å². The summed E-state index contributed by atoms with van der Waals surface area (Å²) >= 11 is 1.35. The Bertz CT molecular complexity index is 868. The summed E-state index contributed by atoms with van der Waals surface area (Å²) in [6, 6.07) is 13.0. The van der Waals surface area contributed by atoms with Crippen molar-refractivity contribution in [3.05, 3.63) is 54.1 Å². The van der Waals surface area contributed by atoms with E-state index in [1.165, 1.54) is 23.9 Å². The van der Waals surface area contributed by atoms with Crippen molar-refractivity contribution in [2.24, 2.45) is 0 Å². The van der Waals surface area contributed by atoms with Crippen LogP contribution in [0.2, 0.25) is 0 Å². The number of benzene rings is 2. The van der Waals surface area contributed by atoms with Crippen LogP contribution in [0.1, 0.15) is 5.56 Å². The van der Waals surface area contributed by atoms with E-state index in [1.807, 2.05) is 18.2 Å². The van der Waals surface area contributed by atoms with Gasteiger partial charge in [0.1, 0.15) is 17.2 Å². The van der Waals surface area contributed by atoms with Crippen LogP contribution in [0.5, 0.6) is 11.5 Å². The van der Waals surface area contributed by atoms with Gasteiger partial charge in [-0.1, -0.05) is 36.0 Å². The zero-order valence-electron chi connectivity index (χ0n) is 13.5. The molecule has 6 nitrogen and oxygen atoms in total. The van der Waals surface area contributed by atoms with Crippen molar-refractivity contribution in [2.45, 2.75) is 17.3 Å². The van der Waals surface area contributed by atoms with E-state index in [-0.39, 0.29) is 5.75 Å². The maximum absolute atomic E-state index is 12.2. The number of hydrogen-bond donors (Lipinski definition) is 0. The molecule has 0 fully saturated rings. The fraction of sp³-hybridized carbons (Fsp3) is 0.188. The first-order chi connectivity index (χ1) is 12.5. The summed E-state index contributed by atoms with van der Waals surface area (Å²) in [6.07, 6.45) is -4.70. The molecule has 0 saturated carbocycles. The largest absolute Gasteiger partial charge is 0.573 e. The van der Waals surface area contributed by atoms with Crippen molar-refractivity contribution >= 4 is 11.8 Å². The molecular formula is C16H13F3N4O2S. The van der Waals surface area contributed by atoms with Gasteiger partial charge in [0.2, 0.25) is 5.16 Å². The number of rotatable bonds is 6. The zero-order valence-corrected chi connectivity index (χ0v) is 14.3. The third-order valence-electron chi connectivity index (χ3n) is 3.28. The van der Waals surface area contributed by atoms with Gasteiger partial charge in [0.25, 0.3) is 0 Å². The number of thioether (sulfide) groups is 1. The first-order valence-electron chi connectivity index (χ1n) is 7.35. The summed E-state index contributed by atoms with van der Waals surface area (Å²) in [4.78, 5) is 0. The second-order valence-electron chi connectivity index (χ2n) is 5.03. The molecule has 0 saturated heterocycles. The molecule has 0 N–H and O–H groups in total. The lowest BCUT2D eigenvalue weighted by atomic mass is 10.2. The van der Waals surface area contributed by atoms with Crippen molar-refractivity contribution in [1.82, 2.24) is 20.2 Å². The van der Waals surface area contributed by atoms with Crippen LogP contribution in [0.25, 0.3) is 5.69 Å². The van der Waals surface area contributed by atoms with Gasteiger partial charge in [-0.05, 0) is 40.3 Å². The molecule has 0 aliphatic rings. The number of halogens is 3. The maximum atomic E-state index is 12.2. The van der Waals surface area contributed by atoms with Crippen LogP contribution in [-0.2, 0) is 5.75 Å². The van der Waals surface area contributed by atoms with Gasteiger partial charge >= 0.3 is 6.36 Å². The van der Waals surface area contributed by atoms with E-state index in [1.54, 1.807) is 30.0 Å². The topological polar surface area (TPSA) is 62.1 Å². The molecule has 0 radical (unpaired) electrons. The quantitative estimate of drug-likeness (QED) is 0.604. The van der Waals surface area contributed by atoms with Crippen LogP contribution >= 0.6 is 11.8 Å². The molecule has 0 unspecified atom stereocenters. The fourth-order valence-electron chi connectivity index (χ4n) is 2.16. The van der Waals surface area contributed by atoms with E-state index >= 15 is 0 Å². The van der Waals surface area contributed by atoms with Gasteiger partial charge in [-0.3, -0.25) is 0 Å². The average molecular weight is 382 g/mol. The number of tetrazole rings is 1. The molecule has 1 heterocycles. The molecule has 10 heteroatoms. The predicted molar refractivity (Wildman–Crippen MR) is 88.4 cm³/mol. The summed E-state index contributed by atoms with van der Waals surface area (Å²) in [6.45, 7) is 0. The molecule has 3 rings (SSSR count). The number of alkyl halides is 3. The molecule has 0 spiro atoms. The van der Waals surface area contributed by atoms with Gasteiger partial charge < -0.3 is 9.47 Å². The Balaban J connectivity index is 1.71.